The first-order valence-corrected chi connectivity index (χ1v) is 15.3. The molecule has 218 valence electrons. The molecule has 3 aliphatic rings. The van der Waals surface area contributed by atoms with Crippen LogP contribution in [-0.2, 0) is 16.6 Å². The highest BCUT2D eigenvalue weighted by molar-refractivity contribution is 7.79. The molecule has 0 spiro atoms. The fraction of sp³-hybridized carbons (Fsp3) is 0.438. The number of nitrogens with two attached hydrogens (primary N) is 1. The topological polar surface area (TPSA) is 106 Å². The third kappa shape index (κ3) is 7.01. The SMILES string of the molecule is C1CC1.C=C(C)C(=O)Nc1ccc(-c2c(C3=CC[C@H](C(=O)N4CCCC4)CC3)c3c(N)ncnc3n2C)cc1.CS. The van der Waals surface area contributed by atoms with Crippen LogP contribution >= 0.6 is 12.6 Å². The van der Waals surface area contributed by atoms with E-state index in [1.807, 2.05) is 40.8 Å². The van der Waals surface area contributed by atoms with E-state index in [1.165, 1.54) is 31.2 Å². The summed E-state index contributed by atoms with van der Waals surface area (Å²) in [6.45, 7) is 7.14. The zero-order chi connectivity index (χ0) is 29.5. The number of carbonyl (C=O) groups is 2. The van der Waals surface area contributed by atoms with Gasteiger partial charge >= 0.3 is 0 Å². The number of hydrogen-bond acceptors (Lipinski definition) is 6. The van der Waals surface area contributed by atoms with Gasteiger partial charge in [-0.25, -0.2) is 9.97 Å². The lowest BCUT2D eigenvalue weighted by Gasteiger charge is -2.26. The number of rotatable bonds is 5. The molecule has 41 heavy (non-hydrogen) atoms. The maximum absolute atomic E-state index is 13.0. The Balaban J connectivity index is 0.000000713. The summed E-state index contributed by atoms with van der Waals surface area (Å²) >= 11 is 3.53. The molecule has 0 bridgehead atoms. The van der Waals surface area contributed by atoms with Gasteiger partial charge in [0.1, 0.15) is 17.8 Å². The highest BCUT2D eigenvalue weighted by atomic mass is 32.1. The predicted octanol–water partition coefficient (Wildman–Crippen LogP) is 6.25. The summed E-state index contributed by atoms with van der Waals surface area (Å²) in [5, 5.41) is 3.69. The van der Waals surface area contributed by atoms with E-state index >= 15 is 0 Å². The molecule has 9 heteroatoms. The Morgan fingerprint density at radius 2 is 1.71 bits per heavy atom. The van der Waals surface area contributed by atoms with Crippen molar-refractivity contribution in [3.63, 3.8) is 0 Å². The van der Waals surface area contributed by atoms with E-state index in [1.54, 1.807) is 13.2 Å². The number of carbonyl (C=O) groups excluding carboxylic acids is 2. The van der Waals surface area contributed by atoms with Gasteiger partial charge in [-0.1, -0.05) is 44.1 Å². The Hall–Kier alpha value is -3.59. The monoisotopic (exact) mass is 574 g/mol. The Bertz CT molecular complexity index is 1430. The second-order valence-corrected chi connectivity index (χ2v) is 10.8. The van der Waals surface area contributed by atoms with Gasteiger partial charge in [-0.05, 0) is 68.6 Å². The van der Waals surface area contributed by atoms with Crippen LogP contribution in [0, 0.1) is 5.92 Å². The van der Waals surface area contributed by atoms with Crippen LogP contribution in [0.15, 0.2) is 48.8 Å². The summed E-state index contributed by atoms with van der Waals surface area (Å²) in [5.74, 6) is 0.561. The van der Waals surface area contributed by atoms with Crippen molar-refractivity contribution in [2.24, 2.45) is 13.0 Å². The van der Waals surface area contributed by atoms with Crippen molar-refractivity contribution in [2.45, 2.75) is 58.3 Å². The highest BCUT2D eigenvalue weighted by Crippen LogP contribution is 2.43. The van der Waals surface area contributed by atoms with Crippen molar-refractivity contribution in [1.29, 1.82) is 0 Å². The number of aromatic nitrogens is 3. The molecular formula is C32H42N6O2S. The van der Waals surface area contributed by atoms with Crippen LogP contribution in [-0.4, -0.2) is 50.6 Å². The largest absolute Gasteiger partial charge is 0.383 e. The third-order valence-electron chi connectivity index (χ3n) is 7.65. The number of nitrogens with one attached hydrogen (secondary N) is 1. The minimum Gasteiger partial charge on any atom is -0.383 e. The van der Waals surface area contributed by atoms with E-state index in [4.69, 9.17) is 5.73 Å². The summed E-state index contributed by atoms with van der Waals surface area (Å²) in [6, 6.07) is 7.73. The number of amides is 2. The summed E-state index contributed by atoms with van der Waals surface area (Å²) in [7, 11) is 1.98. The number of allylic oxidation sites excluding steroid dienone is 2. The van der Waals surface area contributed by atoms with E-state index in [2.05, 4.69) is 40.6 Å². The lowest BCUT2D eigenvalue weighted by molar-refractivity contribution is -0.134. The lowest BCUT2D eigenvalue weighted by atomic mass is 9.84. The zero-order valence-electron chi connectivity index (χ0n) is 24.4. The maximum Gasteiger partial charge on any atom is 0.250 e. The number of aryl methyl sites for hydroxylation is 1. The molecule has 8 nitrogen and oxygen atoms in total. The number of nitrogen functional groups attached to an aromatic ring is 1. The van der Waals surface area contributed by atoms with Gasteiger partial charge in [0, 0.05) is 42.9 Å². The summed E-state index contributed by atoms with van der Waals surface area (Å²) in [6.07, 6.45) is 14.4. The molecule has 2 amide bonds. The van der Waals surface area contributed by atoms with Gasteiger partial charge in [0.25, 0.3) is 5.91 Å². The van der Waals surface area contributed by atoms with E-state index in [9.17, 15) is 9.59 Å². The molecule has 1 saturated heterocycles. The molecule has 3 N–H and O–H groups in total. The van der Waals surface area contributed by atoms with E-state index in [-0.39, 0.29) is 17.7 Å². The number of fused-ring (bicyclic) bond motifs is 1. The van der Waals surface area contributed by atoms with Crippen LogP contribution in [0.4, 0.5) is 11.5 Å². The van der Waals surface area contributed by atoms with E-state index in [0.717, 1.165) is 73.0 Å². The van der Waals surface area contributed by atoms with Gasteiger partial charge < -0.3 is 20.5 Å². The zero-order valence-corrected chi connectivity index (χ0v) is 25.3. The standard InChI is InChI=1S/C28H32N6O2.C3H6.CH4S/c1-17(2)27(35)32-21-12-10-19(11-13-21)24-22(23-25(29)30-16-31-26(23)33(24)3)18-6-8-20(9-7-18)28(36)34-14-4-5-15-34;1-2-3-1;1-2/h6,10-13,16,20H,1,4-5,7-9,14-15H2,2-3H3,(H,32,35)(H2,29,30,31);1-3H2;2H,1H3/t20-;;/m0../s1. The number of anilines is 2. The summed E-state index contributed by atoms with van der Waals surface area (Å²) in [4.78, 5) is 35.8. The average molecular weight is 575 g/mol. The van der Waals surface area contributed by atoms with Crippen molar-refractivity contribution in [3.05, 3.63) is 54.4 Å². The quantitative estimate of drug-likeness (QED) is 0.247. The Kier molecular flexibility index (Phi) is 10.3. The smallest absolute Gasteiger partial charge is 0.250 e. The summed E-state index contributed by atoms with van der Waals surface area (Å²) < 4.78 is 2.05. The molecular weight excluding hydrogens is 532 g/mol. The number of likely N-dealkylation sites (tertiary alicyclic amines) is 1. The average Bonchev–Trinajstić information content (AvgIpc) is 3.72. The van der Waals surface area contributed by atoms with Crippen molar-refractivity contribution >= 4 is 52.6 Å². The lowest BCUT2D eigenvalue weighted by Crippen LogP contribution is -2.34. The van der Waals surface area contributed by atoms with Crippen LogP contribution in [0.5, 0.6) is 0 Å². The first-order chi connectivity index (χ1) is 19.8. The minimum atomic E-state index is -0.207. The number of hydrogen-bond donors (Lipinski definition) is 3. The summed E-state index contributed by atoms with van der Waals surface area (Å²) in [5.41, 5.74) is 12.5. The molecule has 1 aromatic carbocycles. The van der Waals surface area contributed by atoms with E-state index in [0.29, 0.717) is 17.1 Å². The molecule has 1 aliphatic heterocycles. The Labute approximate surface area is 248 Å². The van der Waals surface area contributed by atoms with Gasteiger partial charge in [-0.3, -0.25) is 9.59 Å². The van der Waals surface area contributed by atoms with Crippen LogP contribution in [0.3, 0.4) is 0 Å². The Morgan fingerprint density at radius 3 is 2.27 bits per heavy atom. The fourth-order valence-corrected chi connectivity index (χ4v) is 5.36. The molecule has 0 radical (unpaired) electrons. The molecule has 2 fully saturated rings. The highest BCUT2D eigenvalue weighted by Gasteiger charge is 2.30. The third-order valence-corrected chi connectivity index (χ3v) is 7.65. The molecule has 0 unspecified atom stereocenters. The van der Waals surface area contributed by atoms with Crippen LogP contribution in [0.2, 0.25) is 0 Å². The van der Waals surface area contributed by atoms with Gasteiger partial charge in [0.15, 0.2) is 0 Å². The second-order valence-electron chi connectivity index (χ2n) is 10.8. The molecule has 3 heterocycles. The second kappa shape index (κ2) is 13.9. The molecule has 6 rings (SSSR count). The van der Waals surface area contributed by atoms with Crippen molar-refractivity contribution in [2.75, 3.05) is 30.4 Å². The van der Waals surface area contributed by atoms with Gasteiger partial charge in [-0.2, -0.15) is 12.6 Å². The van der Waals surface area contributed by atoms with Gasteiger partial charge in [0.2, 0.25) is 5.91 Å². The van der Waals surface area contributed by atoms with Gasteiger partial charge in [-0.15, -0.1) is 0 Å². The predicted molar refractivity (Wildman–Crippen MR) is 172 cm³/mol. The molecule has 2 aliphatic carbocycles. The number of nitrogens with zero attached hydrogens (tertiary/aromatic N) is 4. The molecule has 2 aromatic heterocycles. The maximum atomic E-state index is 13.0. The number of thiol groups is 1. The first kappa shape index (κ1) is 30.4. The molecule has 1 atom stereocenters. The minimum absolute atomic E-state index is 0.0371. The van der Waals surface area contributed by atoms with Crippen molar-refractivity contribution in [3.8, 4) is 11.3 Å². The molecule has 1 saturated carbocycles. The van der Waals surface area contributed by atoms with E-state index < -0.39 is 0 Å². The van der Waals surface area contributed by atoms with Crippen LogP contribution in [0.25, 0.3) is 27.9 Å². The van der Waals surface area contributed by atoms with Crippen LogP contribution in [0.1, 0.15) is 63.9 Å². The Morgan fingerprint density at radius 1 is 1.05 bits per heavy atom. The first-order valence-electron chi connectivity index (χ1n) is 14.4. The normalized spacial score (nSPS) is 17.5. The fourth-order valence-electron chi connectivity index (χ4n) is 5.36. The molecule has 3 aromatic rings. The number of benzene rings is 1. The van der Waals surface area contributed by atoms with Crippen molar-refractivity contribution < 1.29 is 9.59 Å². The van der Waals surface area contributed by atoms with Gasteiger partial charge in [0.05, 0.1) is 11.1 Å². The van der Waals surface area contributed by atoms with Crippen molar-refractivity contribution in [1.82, 2.24) is 19.4 Å². The van der Waals surface area contributed by atoms with Crippen LogP contribution < -0.4 is 11.1 Å².